The lowest BCUT2D eigenvalue weighted by Crippen LogP contribution is -2.16. The van der Waals surface area contributed by atoms with Crippen LogP contribution in [0.5, 0.6) is 5.75 Å². The van der Waals surface area contributed by atoms with Crippen molar-refractivity contribution in [1.82, 2.24) is 0 Å². The summed E-state index contributed by atoms with van der Waals surface area (Å²) in [6.45, 7) is 3.91. The zero-order valence-electron chi connectivity index (χ0n) is 11.9. The lowest BCUT2D eigenvalue weighted by molar-refractivity contribution is -0.131. The van der Waals surface area contributed by atoms with Crippen LogP contribution in [0.4, 0.5) is 0 Å². The highest BCUT2D eigenvalue weighted by Crippen LogP contribution is 2.21. The Morgan fingerprint density at radius 3 is 2.33 bits per heavy atom. The van der Waals surface area contributed by atoms with Gasteiger partial charge in [0.2, 0.25) is 0 Å². The van der Waals surface area contributed by atoms with Crippen LogP contribution in [0.15, 0.2) is 42.5 Å². The Labute approximate surface area is 123 Å². The van der Waals surface area contributed by atoms with Gasteiger partial charge in [-0.3, -0.25) is 4.79 Å². The fraction of sp³-hybridized carbons (Fsp3) is 0.176. The first-order valence-electron chi connectivity index (χ1n) is 6.55. The van der Waals surface area contributed by atoms with Gasteiger partial charge >= 0.3 is 5.97 Å². The molecule has 0 heterocycles. The third-order valence-corrected chi connectivity index (χ3v) is 3.31. The van der Waals surface area contributed by atoms with Crippen molar-refractivity contribution in [2.45, 2.75) is 20.5 Å². The predicted octanol–water partition coefficient (Wildman–Crippen LogP) is 3.15. The summed E-state index contributed by atoms with van der Waals surface area (Å²) in [5.41, 5.74) is 2.59. The zero-order valence-corrected chi connectivity index (χ0v) is 11.9. The van der Waals surface area contributed by atoms with Crippen LogP contribution >= 0.6 is 0 Å². The maximum Gasteiger partial charge on any atom is 0.377 e. The molecule has 0 spiro atoms. The fourth-order valence-corrected chi connectivity index (χ4v) is 2.09. The van der Waals surface area contributed by atoms with Crippen LogP contribution in [-0.2, 0) is 11.4 Å². The average molecular weight is 284 g/mol. The number of carboxylic acids is 1. The molecular weight excluding hydrogens is 268 g/mol. The maximum absolute atomic E-state index is 11.7. The van der Waals surface area contributed by atoms with Crippen molar-refractivity contribution in [3.63, 3.8) is 0 Å². The average Bonchev–Trinajstić information content (AvgIpc) is 2.46. The SMILES string of the molecule is Cc1ccccc1OCc1c(C)cccc1C(=O)C(=O)O. The first kappa shape index (κ1) is 14.8. The van der Waals surface area contributed by atoms with Gasteiger partial charge in [0.25, 0.3) is 5.78 Å². The number of rotatable bonds is 5. The molecule has 0 fully saturated rings. The Morgan fingerprint density at radius 1 is 1.00 bits per heavy atom. The van der Waals surface area contributed by atoms with Crippen molar-refractivity contribution in [3.05, 3.63) is 64.7 Å². The van der Waals surface area contributed by atoms with E-state index in [-0.39, 0.29) is 12.2 Å². The Kier molecular flexibility index (Phi) is 4.38. The Balaban J connectivity index is 2.30. The molecule has 1 N–H and O–H groups in total. The van der Waals surface area contributed by atoms with Crippen molar-refractivity contribution < 1.29 is 19.4 Å². The third kappa shape index (κ3) is 3.28. The Hall–Kier alpha value is -2.62. The molecule has 2 aromatic carbocycles. The van der Waals surface area contributed by atoms with E-state index >= 15 is 0 Å². The van der Waals surface area contributed by atoms with Gasteiger partial charge in [-0.25, -0.2) is 4.79 Å². The molecule has 0 saturated carbocycles. The number of para-hydroxylation sites is 1. The zero-order chi connectivity index (χ0) is 15.4. The van der Waals surface area contributed by atoms with Crippen LogP contribution in [0, 0.1) is 13.8 Å². The summed E-state index contributed by atoms with van der Waals surface area (Å²) in [7, 11) is 0. The van der Waals surface area contributed by atoms with Crippen molar-refractivity contribution >= 4 is 11.8 Å². The second-order valence-corrected chi connectivity index (χ2v) is 4.79. The number of aryl methyl sites for hydroxylation is 2. The highest BCUT2D eigenvalue weighted by Gasteiger charge is 2.19. The number of carbonyl (C=O) groups is 2. The molecule has 0 radical (unpaired) electrons. The number of ether oxygens (including phenoxy) is 1. The summed E-state index contributed by atoms with van der Waals surface area (Å²) in [6, 6.07) is 12.6. The van der Waals surface area contributed by atoms with E-state index in [4.69, 9.17) is 9.84 Å². The predicted molar refractivity (Wildman–Crippen MR) is 78.7 cm³/mol. The smallest absolute Gasteiger partial charge is 0.377 e. The Morgan fingerprint density at radius 2 is 1.67 bits per heavy atom. The molecule has 4 heteroatoms. The van der Waals surface area contributed by atoms with Gasteiger partial charge < -0.3 is 9.84 Å². The molecular formula is C17H16O4. The lowest BCUT2D eigenvalue weighted by atomic mass is 9.99. The largest absolute Gasteiger partial charge is 0.489 e. The van der Waals surface area contributed by atoms with Crippen LogP contribution in [0.1, 0.15) is 27.0 Å². The summed E-state index contributed by atoms with van der Waals surface area (Å²) in [5, 5.41) is 8.89. The van der Waals surface area contributed by atoms with E-state index in [9.17, 15) is 9.59 Å². The van der Waals surface area contributed by atoms with E-state index in [0.29, 0.717) is 5.56 Å². The normalized spacial score (nSPS) is 10.2. The van der Waals surface area contributed by atoms with Gasteiger partial charge in [0.05, 0.1) is 0 Å². The number of ketones is 1. The maximum atomic E-state index is 11.7. The third-order valence-electron chi connectivity index (χ3n) is 3.31. The quantitative estimate of drug-likeness (QED) is 0.676. The lowest BCUT2D eigenvalue weighted by Gasteiger charge is -2.13. The van der Waals surface area contributed by atoms with E-state index in [0.717, 1.165) is 16.9 Å². The summed E-state index contributed by atoms with van der Waals surface area (Å²) in [4.78, 5) is 22.6. The van der Waals surface area contributed by atoms with Gasteiger partial charge in [0.15, 0.2) is 0 Å². The molecule has 0 aliphatic heterocycles. The second-order valence-electron chi connectivity index (χ2n) is 4.79. The molecule has 0 saturated heterocycles. The van der Waals surface area contributed by atoms with Crippen LogP contribution < -0.4 is 4.74 Å². The van der Waals surface area contributed by atoms with E-state index in [1.807, 2.05) is 44.2 Å². The monoisotopic (exact) mass is 284 g/mol. The van der Waals surface area contributed by atoms with Crippen LogP contribution in [0.2, 0.25) is 0 Å². The van der Waals surface area contributed by atoms with Gasteiger partial charge in [-0.15, -0.1) is 0 Å². The van der Waals surface area contributed by atoms with Gasteiger partial charge in [-0.1, -0.05) is 36.4 Å². The molecule has 0 aromatic heterocycles. The minimum atomic E-state index is -1.46. The topological polar surface area (TPSA) is 63.6 Å². The summed E-state index contributed by atoms with van der Waals surface area (Å²) in [6.07, 6.45) is 0. The van der Waals surface area contributed by atoms with Crippen LogP contribution in [-0.4, -0.2) is 16.9 Å². The number of benzene rings is 2. The fourth-order valence-electron chi connectivity index (χ4n) is 2.09. The summed E-state index contributed by atoms with van der Waals surface area (Å²) in [5.74, 6) is -1.66. The molecule has 0 amide bonds. The highest BCUT2D eigenvalue weighted by atomic mass is 16.5. The van der Waals surface area contributed by atoms with Crippen molar-refractivity contribution in [3.8, 4) is 5.75 Å². The first-order valence-corrected chi connectivity index (χ1v) is 6.55. The minimum Gasteiger partial charge on any atom is -0.489 e. The molecule has 2 rings (SSSR count). The standard InChI is InChI=1S/C17H16O4/c1-11-7-5-8-13(16(18)17(19)20)14(11)10-21-15-9-4-3-6-12(15)2/h3-9H,10H2,1-2H3,(H,19,20). The molecule has 0 bridgehead atoms. The van der Waals surface area contributed by atoms with Crippen molar-refractivity contribution in [2.75, 3.05) is 0 Å². The number of aliphatic carboxylic acids is 1. The number of carbonyl (C=O) groups excluding carboxylic acids is 1. The van der Waals surface area contributed by atoms with Crippen molar-refractivity contribution in [2.24, 2.45) is 0 Å². The molecule has 0 unspecified atom stereocenters. The molecule has 4 nitrogen and oxygen atoms in total. The van der Waals surface area contributed by atoms with Crippen molar-refractivity contribution in [1.29, 1.82) is 0 Å². The number of hydrogen-bond donors (Lipinski definition) is 1. The van der Waals surface area contributed by atoms with E-state index < -0.39 is 11.8 Å². The van der Waals surface area contributed by atoms with E-state index in [2.05, 4.69) is 0 Å². The van der Waals surface area contributed by atoms with Gasteiger partial charge in [0.1, 0.15) is 12.4 Å². The molecule has 0 aliphatic carbocycles. The molecule has 108 valence electrons. The molecule has 0 aliphatic rings. The number of Topliss-reactive ketones (excluding diaryl/α,β-unsaturated/α-hetero) is 1. The van der Waals surface area contributed by atoms with Crippen LogP contribution in [0.25, 0.3) is 0 Å². The van der Waals surface area contributed by atoms with Gasteiger partial charge in [-0.2, -0.15) is 0 Å². The van der Waals surface area contributed by atoms with E-state index in [1.165, 1.54) is 6.07 Å². The first-order chi connectivity index (χ1) is 10.0. The molecule has 2 aromatic rings. The molecule has 21 heavy (non-hydrogen) atoms. The molecule has 0 atom stereocenters. The minimum absolute atomic E-state index is 0.159. The van der Waals surface area contributed by atoms with Crippen LogP contribution in [0.3, 0.4) is 0 Å². The summed E-state index contributed by atoms with van der Waals surface area (Å²) < 4.78 is 5.73. The highest BCUT2D eigenvalue weighted by molar-refractivity contribution is 6.40. The van der Waals surface area contributed by atoms with Gasteiger partial charge in [-0.05, 0) is 31.0 Å². The number of hydrogen-bond acceptors (Lipinski definition) is 3. The second kappa shape index (κ2) is 6.22. The summed E-state index contributed by atoms with van der Waals surface area (Å²) >= 11 is 0. The van der Waals surface area contributed by atoms with E-state index in [1.54, 1.807) is 6.07 Å². The van der Waals surface area contributed by atoms with Gasteiger partial charge in [0, 0.05) is 11.1 Å². The number of carboxylic acid groups (broad SMARTS) is 1. The Bertz CT molecular complexity index is 689.